The van der Waals surface area contributed by atoms with Crippen LogP contribution < -0.4 is 0 Å². The molecule has 0 spiro atoms. The van der Waals surface area contributed by atoms with E-state index in [0.717, 1.165) is 11.3 Å². The maximum atomic E-state index is 10.4. The summed E-state index contributed by atoms with van der Waals surface area (Å²) in [5.74, 6) is -1.96. The molecule has 1 aromatic rings. The number of aromatic carboxylic acids is 1. The zero-order valence-corrected chi connectivity index (χ0v) is 7.82. The Labute approximate surface area is 83.3 Å². The van der Waals surface area contributed by atoms with Gasteiger partial charge in [0, 0.05) is 0 Å². The molecule has 0 unspecified atom stereocenters. The Hall–Kier alpha value is -1.69. The molecule has 0 saturated heterocycles. The quantitative estimate of drug-likeness (QED) is 0.787. The van der Waals surface area contributed by atoms with Crippen LogP contribution in [0.3, 0.4) is 0 Å². The molecule has 2 N–H and O–H groups in total. The summed E-state index contributed by atoms with van der Waals surface area (Å²) in [6.07, 6.45) is 4.06. The number of hydrogen-bond acceptors (Lipinski definition) is 4. The lowest BCUT2D eigenvalue weighted by molar-refractivity contribution is -0.135. The lowest BCUT2D eigenvalue weighted by Gasteiger charge is -1.83. The largest absolute Gasteiger partial charge is 0.481 e. The predicted molar refractivity (Wildman–Crippen MR) is 50.4 cm³/mol. The fourth-order valence-electron chi connectivity index (χ4n) is 0.724. The van der Waals surface area contributed by atoms with E-state index >= 15 is 0 Å². The molecule has 14 heavy (non-hydrogen) atoms. The first-order valence-corrected chi connectivity index (χ1v) is 4.48. The maximum absolute atomic E-state index is 10.4. The van der Waals surface area contributed by atoms with Crippen molar-refractivity contribution >= 4 is 29.4 Å². The third-order valence-corrected chi connectivity index (χ3v) is 2.24. The van der Waals surface area contributed by atoms with Gasteiger partial charge in [0.1, 0.15) is 9.88 Å². The number of aliphatic carboxylic acids is 1. The first kappa shape index (κ1) is 10.4. The third-order valence-electron chi connectivity index (χ3n) is 1.29. The molecule has 0 atom stereocenters. The van der Waals surface area contributed by atoms with Gasteiger partial charge in [-0.2, -0.15) is 0 Å². The standard InChI is InChI=1S/C8H7NO4S/c10-7(11)3-1-2-6-9-4-5(14-6)8(12)13/h1-2,4H,3H2,(H,10,11)(H,12,13). The van der Waals surface area contributed by atoms with Crippen LogP contribution in [0.15, 0.2) is 12.3 Å². The lowest BCUT2D eigenvalue weighted by Crippen LogP contribution is -1.89. The van der Waals surface area contributed by atoms with E-state index in [1.54, 1.807) is 0 Å². The highest BCUT2D eigenvalue weighted by Gasteiger charge is 2.05. The Bertz CT molecular complexity index is 382. The monoisotopic (exact) mass is 213 g/mol. The van der Waals surface area contributed by atoms with Crippen LogP contribution in [0.4, 0.5) is 0 Å². The molecular formula is C8H7NO4S. The Morgan fingerprint density at radius 2 is 2.21 bits per heavy atom. The Morgan fingerprint density at radius 1 is 1.50 bits per heavy atom. The molecule has 0 bridgehead atoms. The maximum Gasteiger partial charge on any atom is 0.347 e. The molecule has 0 aliphatic carbocycles. The van der Waals surface area contributed by atoms with Crippen LogP contribution in [0.5, 0.6) is 0 Å². The molecule has 74 valence electrons. The fraction of sp³-hybridized carbons (Fsp3) is 0.125. The van der Waals surface area contributed by atoms with Gasteiger partial charge in [-0.3, -0.25) is 4.79 Å². The fourth-order valence-corrected chi connectivity index (χ4v) is 1.41. The van der Waals surface area contributed by atoms with Gasteiger partial charge in [0.2, 0.25) is 0 Å². The number of aromatic nitrogens is 1. The number of carbonyl (C=O) groups is 2. The van der Waals surface area contributed by atoms with Crippen molar-refractivity contribution in [2.75, 3.05) is 0 Å². The zero-order chi connectivity index (χ0) is 10.6. The zero-order valence-electron chi connectivity index (χ0n) is 7.01. The van der Waals surface area contributed by atoms with Gasteiger partial charge in [0.05, 0.1) is 12.6 Å². The Balaban J connectivity index is 2.64. The number of carboxylic acid groups (broad SMARTS) is 2. The molecule has 5 nitrogen and oxygen atoms in total. The van der Waals surface area contributed by atoms with Crippen LogP contribution in [0, 0.1) is 0 Å². The van der Waals surface area contributed by atoms with E-state index < -0.39 is 11.9 Å². The van der Waals surface area contributed by atoms with Crippen molar-refractivity contribution in [2.24, 2.45) is 0 Å². The van der Waals surface area contributed by atoms with E-state index in [1.807, 2.05) is 0 Å². The number of carboxylic acids is 2. The first-order chi connectivity index (χ1) is 6.59. The molecular weight excluding hydrogens is 206 g/mol. The van der Waals surface area contributed by atoms with Gasteiger partial charge in [-0.25, -0.2) is 9.78 Å². The lowest BCUT2D eigenvalue weighted by atomic mass is 10.4. The van der Waals surface area contributed by atoms with Gasteiger partial charge < -0.3 is 10.2 Å². The van der Waals surface area contributed by atoms with Gasteiger partial charge in [-0.05, 0) is 6.08 Å². The van der Waals surface area contributed by atoms with E-state index in [9.17, 15) is 9.59 Å². The summed E-state index contributed by atoms with van der Waals surface area (Å²) < 4.78 is 0. The van der Waals surface area contributed by atoms with Gasteiger partial charge in [-0.1, -0.05) is 6.08 Å². The highest BCUT2D eigenvalue weighted by Crippen LogP contribution is 2.14. The molecule has 0 saturated carbocycles. The summed E-state index contributed by atoms with van der Waals surface area (Å²) in [6, 6.07) is 0. The van der Waals surface area contributed by atoms with Crippen LogP contribution in [-0.4, -0.2) is 27.1 Å². The van der Waals surface area contributed by atoms with Crippen LogP contribution in [0.1, 0.15) is 21.1 Å². The molecule has 0 radical (unpaired) electrons. The van der Waals surface area contributed by atoms with Gasteiger partial charge >= 0.3 is 11.9 Å². The molecule has 1 aromatic heterocycles. The van der Waals surface area contributed by atoms with Crippen molar-refractivity contribution in [1.29, 1.82) is 0 Å². The predicted octanol–water partition coefficient (Wildman–Crippen LogP) is 1.33. The van der Waals surface area contributed by atoms with Crippen molar-refractivity contribution in [2.45, 2.75) is 6.42 Å². The molecule has 1 rings (SSSR count). The van der Waals surface area contributed by atoms with E-state index in [4.69, 9.17) is 10.2 Å². The average Bonchev–Trinajstić information content (AvgIpc) is 2.52. The van der Waals surface area contributed by atoms with Crippen LogP contribution >= 0.6 is 11.3 Å². The smallest absolute Gasteiger partial charge is 0.347 e. The summed E-state index contributed by atoms with van der Waals surface area (Å²) >= 11 is 1.00. The SMILES string of the molecule is O=C(O)CC=Cc1ncc(C(=O)O)s1. The second-order valence-electron chi connectivity index (χ2n) is 2.37. The van der Waals surface area contributed by atoms with E-state index in [1.165, 1.54) is 18.3 Å². The molecule has 0 amide bonds. The molecule has 6 heteroatoms. The summed E-state index contributed by atoms with van der Waals surface area (Å²) in [6.45, 7) is 0. The number of thiazole rings is 1. The molecule has 0 aromatic carbocycles. The number of rotatable bonds is 4. The normalized spacial score (nSPS) is 10.6. The minimum Gasteiger partial charge on any atom is -0.481 e. The minimum atomic E-state index is -1.03. The van der Waals surface area contributed by atoms with Crippen LogP contribution in [-0.2, 0) is 4.79 Å². The highest BCUT2D eigenvalue weighted by atomic mass is 32.1. The number of nitrogens with zero attached hydrogens (tertiary/aromatic N) is 1. The molecule has 0 aliphatic rings. The highest BCUT2D eigenvalue weighted by molar-refractivity contribution is 7.14. The van der Waals surface area contributed by atoms with Crippen molar-refractivity contribution in [3.63, 3.8) is 0 Å². The average molecular weight is 213 g/mol. The third kappa shape index (κ3) is 2.98. The van der Waals surface area contributed by atoms with Gasteiger partial charge in [-0.15, -0.1) is 11.3 Å². The second kappa shape index (κ2) is 4.52. The van der Waals surface area contributed by atoms with E-state index in [2.05, 4.69) is 4.98 Å². The van der Waals surface area contributed by atoms with Crippen molar-refractivity contribution in [1.82, 2.24) is 4.98 Å². The summed E-state index contributed by atoms with van der Waals surface area (Å²) in [4.78, 5) is 24.5. The summed E-state index contributed by atoms with van der Waals surface area (Å²) in [5.41, 5.74) is 0. The molecule has 1 heterocycles. The second-order valence-corrected chi connectivity index (χ2v) is 3.43. The van der Waals surface area contributed by atoms with E-state index in [-0.39, 0.29) is 11.3 Å². The Morgan fingerprint density at radius 3 is 2.71 bits per heavy atom. The van der Waals surface area contributed by atoms with Crippen molar-refractivity contribution in [3.05, 3.63) is 22.2 Å². The van der Waals surface area contributed by atoms with Crippen molar-refractivity contribution < 1.29 is 19.8 Å². The minimum absolute atomic E-state index is 0.0953. The first-order valence-electron chi connectivity index (χ1n) is 3.67. The molecule has 0 aliphatic heterocycles. The Kier molecular flexibility index (Phi) is 3.35. The van der Waals surface area contributed by atoms with Crippen molar-refractivity contribution in [3.8, 4) is 0 Å². The van der Waals surface area contributed by atoms with Crippen LogP contribution in [0.2, 0.25) is 0 Å². The summed E-state index contributed by atoms with van der Waals surface area (Å²) in [5, 5.41) is 17.4. The summed E-state index contributed by atoms with van der Waals surface area (Å²) in [7, 11) is 0. The topological polar surface area (TPSA) is 87.5 Å². The van der Waals surface area contributed by atoms with Gasteiger partial charge in [0.25, 0.3) is 0 Å². The van der Waals surface area contributed by atoms with E-state index in [0.29, 0.717) is 5.01 Å². The molecule has 0 fully saturated rings. The number of hydrogen-bond donors (Lipinski definition) is 2. The van der Waals surface area contributed by atoms with Gasteiger partial charge in [0.15, 0.2) is 0 Å². The van der Waals surface area contributed by atoms with Crippen LogP contribution in [0.25, 0.3) is 6.08 Å².